The first kappa shape index (κ1) is 20.9. The van der Waals surface area contributed by atoms with Crippen LogP contribution in [-0.2, 0) is 4.79 Å². The Labute approximate surface area is 190 Å². The molecular weight excluding hydrogens is 406 g/mol. The van der Waals surface area contributed by atoms with Crippen LogP contribution in [0.3, 0.4) is 0 Å². The zero-order valence-electron chi connectivity index (χ0n) is 18.7. The largest absolute Gasteiger partial charge is 0.493 e. The third-order valence-corrected chi connectivity index (χ3v) is 8.29. The van der Waals surface area contributed by atoms with Crippen LogP contribution in [0.5, 0.6) is 5.75 Å². The number of halogens is 1. The van der Waals surface area contributed by atoms with Crippen LogP contribution in [0.4, 0.5) is 0 Å². The van der Waals surface area contributed by atoms with Gasteiger partial charge in [-0.2, -0.15) is 0 Å². The van der Waals surface area contributed by atoms with Crippen LogP contribution < -0.4 is 10.1 Å². The molecule has 4 heteroatoms. The van der Waals surface area contributed by atoms with E-state index in [9.17, 15) is 4.79 Å². The Morgan fingerprint density at radius 3 is 2.55 bits per heavy atom. The Bertz CT molecular complexity index is 983. The lowest BCUT2D eigenvalue weighted by molar-refractivity contribution is -0.129. The Hall–Kier alpha value is -2.00. The fourth-order valence-electron chi connectivity index (χ4n) is 6.01. The van der Waals surface area contributed by atoms with E-state index in [1.54, 1.807) is 0 Å². The number of hydrogen-bond donors (Lipinski definition) is 1. The monoisotopic (exact) mass is 437 g/mol. The molecule has 0 radical (unpaired) electrons. The minimum absolute atomic E-state index is 0.145. The van der Waals surface area contributed by atoms with Gasteiger partial charge < -0.3 is 10.1 Å². The first-order valence-corrected chi connectivity index (χ1v) is 12.0. The summed E-state index contributed by atoms with van der Waals surface area (Å²) in [5, 5.41) is 4.03. The number of ether oxygens (including phenoxy) is 1. The maximum atomic E-state index is 12.9. The van der Waals surface area contributed by atoms with Crippen molar-refractivity contribution in [3.05, 3.63) is 64.2 Å². The lowest BCUT2D eigenvalue weighted by Gasteiger charge is -2.46. The predicted octanol–water partition coefficient (Wildman–Crippen LogP) is 6.24. The molecule has 31 heavy (non-hydrogen) atoms. The zero-order valence-corrected chi connectivity index (χ0v) is 19.4. The highest BCUT2D eigenvalue weighted by Crippen LogP contribution is 2.59. The molecule has 1 amide bonds. The van der Waals surface area contributed by atoms with E-state index in [0.29, 0.717) is 5.92 Å². The number of amides is 1. The van der Waals surface area contributed by atoms with Crippen molar-refractivity contribution in [1.82, 2.24) is 5.32 Å². The Kier molecular flexibility index (Phi) is 5.29. The summed E-state index contributed by atoms with van der Waals surface area (Å²) in [6.45, 7) is 7.22. The van der Waals surface area contributed by atoms with Gasteiger partial charge >= 0.3 is 0 Å². The smallest absolute Gasteiger partial charge is 0.226 e. The molecule has 5 atom stereocenters. The fraction of sp³-hybridized carbons (Fsp3) is 0.519. The lowest BCUT2D eigenvalue weighted by Crippen LogP contribution is -2.42. The van der Waals surface area contributed by atoms with Crippen molar-refractivity contribution < 1.29 is 9.53 Å². The van der Waals surface area contributed by atoms with E-state index in [4.69, 9.17) is 16.3 Å². The average molecular weight is 438 g/mol. The SMILES string of the molecule is Cc1ccc([C@@H]2[C@@H]3[C@@H](C)NC(=O)[C@]3(C)CC[C@H]2c2ccc(OCC3CC3)cc2Cl)cc1. The molecule has 1 aliphatic heterocycles. The number of aryl methyl sites for hydroxylation is 1. The minimum Gasteiger partial charge on any atom is -0.493 e. The van der Waals surface area contributed by atoms with Crippen LogP contribution in [0.15, 0.2) is 42.5 Å². The first-order chi connectivity index (χ1) is 14.9. The van der Waals surface area contributed by atoms with Gasteiger partial charge in [0, 0.05) is 17.0 Å². The van der Waals surface area contributed by atoms with Gasteiger partial charge in [-0.25, -0.2) is 0 Å². The molecule has 3 aliphatic rings. The van der Waals surface area contributed by atoms with E-state index in [-0.39, 0.29) is 35.1 Å². The average Bonchev–Trinajstić information content (AvgIpc) is 3.54. The molecule has 1 saturated heterocycles. The molecule has 3 nitrogen and oxygen atoms in total. The van der Waals surface area contributed by atoms with Crippen LogP contribution in [0.25, 0.3) is 0 Å². The van der Waals surface area contributed by atoms with Gasteiger partial charge in [-0.15, -0.1) is 0 Å². The van der Waals surface area contributed by atoms with Gasteiger partial charge in [-0.05, 0) is 80.5 Å². The van der Waals surface area contributed by atoms with E-state index in [2.05, 4.69) is 62.5 Å². The summed E-state index contributed by atoms with van der Waals surface area (Å²) in [5.41, 5.74) is 3.41. The third kappa shape index (κ3) is 3.75. The molecule has 0 aromatic heterocycles. The molecule has 2 saturated carbocycles. The number of fused-ring (bicyclic) bond motifs is 1. The van der Waals surface area contributed by atoms with E-state index in [1.807, 2.05) is 6.07 Å². The first-order valence-electron chi connectivity index (χ1n) is 11.7. The van der Waals surface area contributed by atoms with Gasteiger partial charge in [0.25, 0.3) is 0 Å². The van der Waals surface area contributed by atoms with Gasteiger partial charge in [0.2, 0.25) is 5.91 Å². The highest BCUT2D eigenvalue weighted by Gasteiger charge is 2.57. The lowest BCUT2D eigenvalue weighted by atomic mass is 9.56. The van der Waals surface area contributed by atoms with Crippen molar-refractivity contribution in [1.29, 1.82) is 0 Å². The van der Waals surface area contributed by atoms with Crippen LogP contribution in [-0.4, -0.2) is 18.6 Å². The number of hydrogen-bond acceptors (Lipinski definition) is 2. The topological polar surface area (TPSA) is 38.3 Å². The second-order valence-electron chi connectivity index (χ2n) is 10.2. The van der Waals surface area contributed by atoms with Crippen molar-refractivity contribution in [2.75, 3.05) is 6.61 Å². The molecule has 0 spiro atoms. The van der Waals surface area contributed by atoms with E-state index in [0.717, 1.165) is 30.2 Å². The van der Waals surface area contributed by atoms with Crippen LogP contribution in [0.1, 0.15) is 68.1 Å². The summed E-state index contributed by atoms with van der Waals surface area (Å²) in [5.74, 6) is 2.54. The molecule has 2 aliphatic carbocycles. The van der Waals surface area contributed by atoms with E-state index < -0.39 is 0 Å². The van der Waals surface area contributed by atoms with Crippen molar-refractivity contribution in [3.8, 4) is 5.75 Å². The number of benzene rings is 2. The molecule has 2 aromatic rings. The Balaban J connectivity index is 1.52. The van der Waals surface area contributed by atoms with Gasteiger partial charge in [-0.1, -0.05) is 54.4 Å². The molecule has 0 bridgehead atoms. The Morgan fingerprint density at radius 2 is 1.87 bits per heavy atom. The van der Waals surface area contributed by atoms with Crippen molar-refractivity contribution in [3.63, 3.8) is 0 Å². The summed E-state index contributed by atoms with van der Waals surface area (Å²) in [7, 11) is 0. The zero-order chi connectivity index (χ0) is 21.8. The van der Waals surface area contributed by atoms with Crippen molar-refractivity contribution in [2.45, 2.75) is 64.3 Å². The van der Waals surface area contributed by atoms with Gasteiger partial charge in [0.05, 0.1) is 12.0 Å². The van der Waals surface area contributed by atoms with Crippen molar-refractivity contribution >= 4 is 17.5 Å². The number of carbonyl (C=O) groups excluding carboxylic acids is 1. The summed E-state index contributed by atoms with van der Waals surface area (Å²) in [4.78, 5) is 12.9. The van der Waals surface area contributed by atoms with Crippen LogP contribution in [0.2, 0.25) is 5.02 Å². The molecule has 3 fully saturated rings. The molecule has 0 unspecified atom stereocenters. The van der Waals surface area contributed by atoms with E-state index >= 15 is 0 Å². The van der Waals surface area contributed by atoms with Crippen molar-refractivity contribution in [2.24, 2.45) is 17.3 Å². The summed E-state index contributed by atoms with van der Waals surface area (Å²) >= 11 is 6.85. The summed E-state index contributed by atoms with van der Waals surface area (Å²) in [6, 6.07) is 15.2. The second kappa shape index (κ2) is 7.85. The summed E-state index contributed by atoms with van der Waals surface area (Å²) in [6.07, 6.45) is 4.39. The molecule has 1 N–H and O–H groups in total. The number of nitrogens with one attached hydrogen (secondary N) is 1. The normalized spacial score (nSPS) is 32.5. The van der Waals surface area contributed by atoms with E-state index in [1.165, 1.54) is 29.5 Å². The second-order valence-corrected chi connectivity index (χ2v) is 10.6. The van der Waals surface area contributed by atoms with Gasteiger partial charge in [-0.3, -0.25) is 4.79 Å². The van der Waals surface area contributed by atoms with Gasteiger partial charge in [0.1, 0.15) is 5.75 Å². The van der Waals surface area contributed by atoms with Gasteiger partial charge in [0.15, 0.2) is 0 Å². The molecule has 164 valence electrons. The molecule has 5 rings (SSSR count). The maximum Gasteiger partial charge on any atom is 0.226 e. The molecule has 2 aromatic carbocycles. The molecule has 1 heterocycles. The number of rotatable bonds is 5. The standard InChI is InChI=1S/C27H32ClNO2/c1-16-4-8-19(9-5-16)24-22(12-13-27(3)25(24)17(2)29-26(27)30)21-11-10-20(14-23(21)28)31-15-18-6-7-18/h4-5,8-11,14,17-18,22,24-25H,6-7,12-13,15H2,1-3H3,(H,29,30)/t17-,22+,24+,25+,27-/m1/s1. The molecular formula is C27H32ClNO2. The maximum absolute atomic E-state index is 12.9. The summed E-state index contributed by atoms with van der Waals surface area (Å²) < 4.78 is 5.96. The van der Waals surface area contributed by atoms with Crippen LogP contribution in [0, 0.1) is 24.2 Å². The highest BCUT2D eigenvalue weighted by molar-refractivity contribution is 6.31. The number of carbonyl (C=O) groups is 1. The fourth-order valence-corrected chi connectivity index (χ4v) is 6.32. The third-order valence-electron chi connectivity index (χ3n) is 7.96. The Morgan fingerprint density at radius 1 is 1.13 bits per heavy atom. The quantitative estimate of drug-likeness (QED) is 0.601. The predicted molar refractivity (Wildman–Crippen MR) is 125 cm³/mol. The highest BCUT2D eigenvalue weighted by atomic mass is 35.5. The van der Waals surface area contributed by atoms with Crippen LogP contribution >= 0.6 is 11.6 Å². The minimum atomic E-state index is -0.328.